The second-order valence-electron chi connectivity index (χ2n) is 5.55. The molecule has 3 rings (SSSR count). The second-order valence-corrected chi connectivity index (χ2v) is 5.55. The molecule has 0 aliphatic heterocycles. The van der Waals surface area contributed by atoms with Gasteiger partial charge in [-0.1, -0.05) is 12.1 Å². The van der Waals surface area contributed by atoms with Crippen LogP contribution in [0.4, 0.5) is 11.4 Å². The van der Waals surface area contributed by atoms with Crippen LogP contribution in [0, 0.1) is 0 Å². The van der Waals surface area contributed by atoms with Crippen molar-refractivity contribution in [1.82, 2.24) is 0 Å². The van der Waals surface area contributed by atoms with Crippen LogP contribution in [0.25, 0.3) is 0 Å². The Kier molecular flexibility index (Phi) is 3.29. The van der Waals surface area contributed by atoms with Crippen LogP contribution in [0.3, 0.4) is 0 Å². The number of rotatable bonds is 2. The zero-order valence-corrected chi connectivity index (χ0v) is 11.7. The number of carboxylic acids is 1. The van der Waals surface area contributed by atoms with E-state index in [0.29, 0.717) is 5.69 Å². The van der Waals surface area contributed by atoms with E-state index in [9.17, 15) is 9.90 Å². The summed E-state index contributed by atoms with van der Waals surface area (Å²) in [6, 6.07) is 11.1. The fourth-order valence-corrected chi connectivity index (χ4v) is 3.15. The van der Waals surface area contributed by atoms with E-state index in [-0.39, 0.29) is 11.5 Å². The Balaban J connectivity index is 2.12. The Bertz CT molecular complexity index is 693. The summed E-state index contributed by atoms with van der Waals surface area (Å²) in [7, 11) is 0. The van der Waals surface area contributed by atoms with Gasteiger partial charge in [0, 0.05) is 17.3 Å². The smallest absolute Gasteiger partial charge is 0.335 e. The summed E-state index contributed by atoms with van der Waals surface area (Å²) in [6.45, 7) is 0. The zero-order chi connectivity index (χ0) is 15.0. The van der Waals surface area contributed by atoms with E-state index in [1.165, 1.54) is 0 Å². The number of hydrogen-bond donors (Lipinski definition) is 3. The number of aromatic carboxylic acids is 1. The molecule has 4 nitrogen and oxygen atoms in total. The van der Waals surface area contributed by atoms with Gasteiger partial charge in [-0.05, 0) is 60.2 Å². The molecule has 0 bridgehead atoms. The minimum Gasteiger partial charge on any atom is -0.478 e. The number of nitrogen functional groups attached to an aromatic ring is 2. The van der Waals surface area contributed by atoms with E-state index in [1.54, 1.807) is 12.1 Å². The first-order valence-electron chi connectivity index (χ1n) is 7.07. The van der Waals surface area contributed by atoms with Crippen molar-refractivity contribution >= 4 is 17.3 Å². The van der Waals surface area contributed by atoms with E-state index in [0.717, 1.165) is 41.6 Å². The summed E-state index contributed by atoms with van der Waals surface area (Å²) < 4.78 is 0. The van der Waals surface area contributed by atoms with Crippen molar-refractivity contribution in [2.24, 2.45) is 0 Å². The van der Waals surface area contributed by atoms with E-state index in [4.69, 9.17) is 11.5 Å². The van der Waals surface area contributed by atoms with Crippen LogP contribution in [-0.2, 0) is 6.42 Å². The molecule has 2 aromatic rings. The maximum Gasteiger partial charge on any atom is 0.335 e. The summed E-state index contributed by atoms with van der Waals surface area (Å²) >= 11 is 0. The lowest BCUT2D eigenvalue weighted by Gasteiger charge is -2.27. The Morgan fingerprint density at radius 1 is 1.14 bits per heavy atom. The van der Waals surface area contributed by atoms with E-state index >= 15 is 0 Å². The number of hydrogen-bond acceptors (Lipinski definition) is 3. The molecule has 0 radical (unpaired) electrons. The topological polar surface area (TPSA) is 89.3 Å². The van der Waals surface area contributed by atoms with Crippen molar-refractivity contribution in [2.45, 2.75) is 25.2 Å². The van der Waals surface area contributed by atoms with Gasteiger partial charge in [0.25, 0.3) is 0 Å². The van der Waals surface area contributed by atoms with E-state index < -0.39 is 5.97 Å². The van der Waals surface area contributed by atoms with Crippen molar-refractivity contribution in [3.05, 3.63) is 58.7 Å². The van der Waals surface area contributed by atoms with Crippen LogP contribution in [0.5, 0.6) is 0 Å². The second kappa shape index (κ2) is 5.13. The SMILES string of the molecule is Nc1ccc(C2CCCc3c(N)cc(C(=O)O)cc32)cc1. The molecule has 0 saturated heterocycles. The standard InChI is InChI=1S/C17H18N2O2/c18-12-6-4-10(5-7-12)13-2-1-3-14-15(13)8-11(17(20)21)9-16(14)19/h4-9,13H,1-3,18-19H2,(H,20,21). The highest BCUT2D eigenvalue weighted by Crippen LogP contribution is 2.39. The van der Waals surface area contributed by atoms with E-state index in [2.05, 4.69) is 0 Å². The molecule has 0 fully saturated rings. The maximum atomic E-state index is 11.3. The molecule has 0 spiro atoms. The minimum absolute atomic E-state index is 0.191. The zero-order valence-electron chi connectivity index (χ0n) is 11.7. The predicted molar refractivity (Wildman–Crippen MR) is 83.4 cm³/mol. The van der Waals surface area contributed by atoms with Gasteiger partial charge >= 0.3 is 5.97 Å². The van der Waals surface area contributed by atoms with Crippen LogP contribution in [0.15, 0.2) is 36.4 Å². The third kappa shape index (κ3) is 2.44. The van der Waals surface area contributed by atoms with Gasteiger partial charge in [0.1, 0.15) is 0 Å². The summed E-state index contributed by atoms with van der Waals surface area (Å²) in [5.74, 6) is -0.748. The van der Waals surface area contributed by atoms with Crippen molar-refractivity contribution < 1.29 is 9.90 Å². The van der Waals surface area contributed by atoms with Gasteiger partial charge in [0.2, 0.25) is 0 Å². The van der Waals surface area contributed by atoms with Gasteiger partial charge in [-0.25, -0.2) is 4.79 Å². The van der Waals surface area contributed by atoms with Crippen molar-refractivity contribution in [1.29, 1.82) is 0 Å². The molecule has 0 amide bonds. The van der Waals surface area contributed by atoms with Gasteiger partial charge in [0.05, 0.1) is 5.56 Å². The van der Waals surface area contributed by atoms with Gasteiger partial charge in [-0.2, -0.15) is 0 Å². The molecular formula is C17H18N2O2. The van der Waals surface area contributed by atoms with Crippen LogP contribution in [0.2, 0.25) is 0 Å². The summed E-state index contributed by atoms with van der Waals surface area (Å²) in [5, 5.41) is 9.23. The average molecular weight is 282 g/mol. The normalized spacial score (nSPS) is 17.2. The van der Waals surface area contributed by atoms with Gasteiger partial charge in [-0.3, -0.25) is 0 Å². The lowest BCUT2D eigenvalue weighted by molar-refractivity contribution is 0.0696. The first-order valence-corrected chi connectivity index (χ1v) is 7.07. The molecule has 1 aliphatic carbocycles. The predicted octanol–water partition coefficient (Wildman–Crippen LogP) is 3.02. The maximum absolute atomic E-state index is 11.3. The molecule has 0 aromatic heterocycles. The highest BCUT2D eigenvalue weighted by molar-refractivity contribution is 5.89. The molecule has 2 aromatic carbocycles. The van der Waals surface area contributed by atoms with Gasteiger partial charge < -0.3 is 16.6 Å². The number of anilines is 2. The molecule has 1 unspecified atom stereocenters. The third-order valence-corrected chi connectivity index (χ3v) is 4.20. The fourth-order valence-electron chi connectivity index (χ4n) is 3.15. The van der Waals surface area contributed by atoms with Crippen LogP contribution in [0.1, 0.15) is 45.8 Å². The first-order chi connectivity index (χ1) is 10.1. The molecule has 108 valence electrons. The lowest BCUT2D eigenvalue weighted by Crippen LogP contribution is -2.15. The van der Waals surface area contributed by atoms with Gasteiger partial charge in [-0.15, -0.1) is 0 Å². The van der Waals surface area contributed by atoms with Crippen molar-refractivity contribution in [3.8, 4) is 0 Å². The van der Waals surface area contributed by atoms with Gasteiger partial charge in [0.15, 0.2) is 0 Å². The number of carbonyl (C=O) groups is 1. The molecule has 0 saturated carbocycles. The summed E-state index contributed by atoms with van der Waals surface area (Å²) in [6.07, 6.45) is 2.96. The number of nitrogens with two attached hydrogens (primary N) is 2. The van der Waals surface area contributed by atoms with Crippen molar-refractivity contribution in [2.75, 3.05) is 11.5 Å². The fraction of sp³-hybridized carbons (Fsp3) is 0.235. The molecular weight excluding hydrogens is 264 g/mol. The Labute approximate surface area is 123 Å². The van der Waals surface area contributed by atoms with E-state index in [1.807, 2.05) is 24.3 Å². The van der Waals surface area contributed by atoms with Crippen LogP contribution < -0.4 is 11.5 Å². The largest absolute Gasteiger partial charge is 0.478 e. The highest BCUT2D eigenvalue weighted by atomic mass is 16.4. The third-order valence-electron chi connectivity index (χ3n) is 4.20. The average Bonchev–Trinajstić information content (AvgIpc) is 2.47. The Morgan fingerprint density at radius 2 is 1.86 bits per heavy atom. The van der Waals surface area contributed by atoms with Crippen LogP contribution >= 0.6 is 0 Å². The lowest BCUT2D eigenvalue weighted by atomic mass is 9.77. The molecule has 1 atom stereocenters. The molecule has 0 heterocycles. The number of benzene rings is 2. The molecule has 21 heavy (non-hydrogen) atoms. The summed E-state index contributed by atoms with van der Waals surface area (Å²) in [4.78, 5) is 11.3. The minimum atomic E-state index is -0.939. The quantitative estimate of drug-likeness (QED) is 0.739. The molecule has 1 aliphatic rings. The molecule has 5 N–H and O–H groups in total. The molecule has 4 heteroatoms. The number of fused-ring (bicyclic) bond motifs is 1. The first kappa shape index (κ1) is 13.5. The monoisotopic (exact) mass is 282 g/mol. The highest BCUT2D eigenvalue weighted by Gasteiger charge is 2.25. The summed E-state index contributed by atoms with van der Waals surface area (Å²) in [5.41, 5.74) is 16.7. The van der Waals surface area contributed by atoms with Crippen molar-refractivity contribution in [3.63, 3.8) is 0 Å². The Morgan fingerprint density at radius 3 is 2.52 bits per heavy atom. The van der Waals surface area contributed by atoms with Crippen LogP contribution in [-0.4, -0.2) is 11.1 Å². The Hall–Kier alpha value is -2.49. The number of carboxylic acid groups (broad SMARTS) is 1.